The van der Waals surface area contributed by atoms with E-state index in [2.05, 4.69) is 46.5 Å². The van der Waals surface area contributed by atoms with Gasteiger partial charge >= 0.3 is 0 Å². The van der Waals surface area contributed by atoms with Crippen molar-refractivity contribution in [3.8, 4) is 0 Å². The number of rotatable bonds is 7. The highest BCUT2D eigenvalue weighted by Crippen LogP contribution is 2.32. The normalized spacial score (nSPS) is 21.1. The van der Waals surface area contributed by atoms with Crippen molar-refractivity contribution in [3.05, 3.63) is 53.3 Å². The van der Waals surface area contributed by atoms with E-state index in [0.29, 0.717) is 6.61 Å². The lowest BCUT2D eigenvalue weighted by Gasteiger charge is -2.34. The lowest BCUT2D eigenvalue weighted by atomic mass is 9.89. The molecule has 8 heteroatoms. The molecule has 2 aliphatic rings. The van der Waals surface area contributed by atoms with Crippen molar-refractivity contribution >= 4 is 29.9 Å². The predicted molar refractivity (Wildman–Crippen MR) is 138 cm³/mol. The van der Waals surface area contributed by atoms with Crippen molar-refractivity contribution < 1.29 is 9.47 Å². The van der Waals surface area contributed by atoms with Gasteiger partial charge < -0.3 is 19.7 Å². The third-order valence-corrected chi connectivity index (χ3v) is 5.99. The van der Waals surface area contributed by atoms with Crippen LogP contribution in [0.5, 0.6) is 0 Å². The number of hydrogen-bond donors (Lipinski definition) is 1. The first-order valence-electron chi connectivity index (χ1n) is 11.6. The van der Waals surface area contributed by atoms with E-state index in [1.807, 2.05) is 24.1 Å². The molecule has 0 radical (unpaired) electrons. The van der Waals surface area contributed by atoms with E-state index in [0.717, 1.165) is 57.2 Å². The molecule has 1 aromatic carbocycles. The lowest BCUT2D eigenvalue weighted by Crippen LogP contribution is -2.48. The Bertz CT molecular complexity index is 872. The van der Waals surface area contributed by atoms with Gasteiger partial charge in [0.1, 0.15) is 6.10 Å². The van der Waals surface area contributed by atoms with Crippen molar-refractivity contribution in [2.45, 2.75) is 44.8 Å². The summed E-state index contributed by atoms with van der Waals surface area (Å²) in [5.41, 5.74) is 3.94. The molecule has 1 aliphatic heterocycles. The average Bonchev–Trinajstić information content (AvgIpc) is 3.25. The number of ether oxygens (including phenoxy) is 2. The quantitative estimate of drug-likeness (QED) is 0.244. The van der Waals surface area contributed by atoms with Crippen LogP contribution in [0.25, 0.3) is 0 Å². The zero-order valence-electron chi connectivity index (χ0n) is 19.2. The summed E-state index contributed by atoms with van der Waals surface area (Å²) < 4.78 is 14.0. The lowest BCUT2D eigenvalue weighted by molar-refractivity contribution is -0.00808. The molecule has 1 aromatic heterocycles. The fraction of sp³-hybridized carbons (Fsp3) is 0.583. The second-order valence-electron chi connectivity index (χ2n) is 8.29. The number of nitrogens with one attached hydrogen (secondary N) is 1. The number of benzene rings is 1. The van der Waals surface area contributed by atoms with Gasteiger partial charge in [-0.25, -0.2) is 0 Å². The fourth-order valence-corrected chi connectivity index (χ4v) is 4.43. The molecular formula is C24H36IN5O2. The van der Waals surface area contributed by atoms with E-state index in [9.17, 15) is 0 Å². The monoisotopic (exact) mass is 553 g/mol. The van der Waals surface area contributed by atoms with Gasteiger partial charge in [0, 0.05) is 45.0 Å². The molecule has 2 unspecified atom stereocenters. The molecule has 2 aromatic rings. The highest BCUT2D eigenvalue weighted by molar-refractivity contribution is 14.0. The predicted octanol–water partition coefficient (Wildman–Crippen LogP) is 3.86. The molecule has 1 fully saturated rings. The van der Waals surface area contributed by atoms with Crippen molar-refractivity contribution in [2.75, 3.05) is 39.4 Å². The SMILES string of the molecule is CCNC(=NCCCOC1CCCc2ccccc21)N1CCOC(c2cnn(C)c2)C1.I. The third-order valence-electron chi connectivity index (χ3n) is 5.99. The number of nitrogens with zero attached hydrogens (tertiary/aromatic N) is 4. The first-order chi connectivity index (χ1) is 15.2. The van der Waals surface area contributed by atoms with Gasteiger partial charge in [-0.3, -0.25) is 9.67 Å². The number of aromatic nitrogens is 2. The summed E-state index contributed by atoms with van der Waals surface area (Å²) in [4.78, 5) is 7.17. The molecule has 0 spiro atoms. The Balaban J connectivity index is 0.00000289. The minimum absolute atomic E-state index is 0. The van der Waals surface area contributed by atoms with Crippen LogP contribution in [0.1, 0.15) is 55.1 Å². The zero-order valence-corrected chi connectivity index (χ0v) is 21.5. The summed E-state index contributed by atoms with van der Waals surface area (Å²) in [5, 5.41) is 7.72. The minimum atomic E-state index is 0. The van der Waals surface area contributed by atoms with Crippen LogP contribution in [0.15, 0.2) is 41.7 Å². The molecule has 0 amide bonds. The van der Waals surface area contributed by atoms with E-state index in [-0.39, 0.29) is 36.2 Å². The maximum absolute atomic E-state index is 6.24. The van der Waals surface area contributed by atoms with Gasteiger partial charge in [0.05, 0.1) is 25.5 Å². The summed E-state index contributed by atoms with van der Waals surface area (Å²) in [6, 6.07) is 8.70. The van der Waals surface area contributed by atoms with Crippen molar-refractivity contribution in [2.24, 2.45) is 12.0 Å². The number of fused-ring (bicyclic) bond motifs is 1. The fourth-order valence-electron chi connectivity index (χ4n) is 4.43. The Hall–Kier alpha value is -1.65. The summed E-state index contributed by atoms with van der Waals surface area (Å²) in [5.74, 6) is 0.961. The molecule has 1 aliphatic carbocycles. The van der Waals surface area contributed by atoms with Crippen LogP contribution in [0, 0.1) is 0 Å². The maximum Gasteiger partial charge on any atom is 0.194 e. The number of guanidine groups is 1. The second kappa shape index (κ2) is 12.6. The van der Waals surface area contributed by atoms with Gasteiger partial charge in [0.15, 0.2) is 5.96 Å². The Morgan fingerprint density at radius 3 is 3.03 bits per heavy atom. The summed E-state index contributed by atoms with van der Waals surface area (Å²) in [7, 11) is 1.93. The molecule has 2 heterocycles. The van der Waals surface area contributed by atoms with E-state index in [1.165, 1.54) is 24.0 Å². The van der Waals surface area contributed by atoms with Crippen LogP contribution in [-0.4, -0.2) is 60.0 Å². The zero-order chi connectivity index (χ0) is 21.5. The molecule has 1 saturated heterocycles. The van der Waals surface area contributed by atoms with Crippen LogP contribution in [-0.2, 0) is 22.9 Å². The summed E-state index contributed by atoms with van der Waals surface area (Å²) >= 11 is 0. The number of morpholine rings is 1. The van der Waals surface area contributed by atoms with E-state index < -0.39 is 0 Å². The summed E-state index contributed by atoms with van der Waals surface area (Å²) in [6.45, 7) is 6.77. The Kier molecular flexibility index (Phi) is 9.80. The largest absolute Gasteiger partial charge is 0.373 e. The topological polar surface area (TPSA) is 63.9 Å². The highest BCUT2D eigenvalue weighted by Gasteiger charge is 2.25. The molecule has 4 rings (SSSR count). The molecule has 32 heavy (non-hydrogen) atoms. The Labute approximate surface area is 208 Å². The van der Waals surface area contributed by atoms with Crippen molar-refractivity contribution in [1.82, 2.24) is 20.0 Å². The molecular weight excluding hydrogens is 517 g/mol. The number of hydrogen-bond acceptors (Lipinski definition) is 4. The third kappa shape index (κ3) is 6.45. The van der Waals surface area contributed by atoms with Gasteiger partial charge in [-0.15, -0.1) is 24.0 Å². The highest BCUT2D eigenvalue weighted by atomic mass is 127. The maximum atomic E-state index is 6.24. The first-order valence-corrected chi connectivity index (χ1v) is 11.6. The van der Waals surface area contributed by atoms with Gasteiger partial charge in [-0.1, -0.05) is 24.3 Å². The van der Waals surface area contributed by atoms with Gasteiger partial charge in [-0.05, 0) is 43.7 Å². The van der Waals surface area contributed by atoms with Crippen LogP contribution >= 0.6 is 24.0 Å². The van der Waals surface area contributed by atoms with Crippen molar-refractivity contribution in [3.63, 3.8) is 0 Å². The number of halogens is 1. The van der Waals surface area contributed by atoms with Gasteiger partial charge in [0.25, 0.3) is 0 Å². The minimum Gasteiger partial charge on any atom is -0.373 e. The van der Waals surface area contributed by atoms with Crippen LogP contribution in [0.2, 0.25) is 0 Å². The van der Waals surface area contributed by atoms with E-state index in [1.54, 1.807) is 0 Å². The molecule has 176 valence electrons. The Morgan fingerprint density at radius 2 is 2.22 bits per heavy atom. The van der Waals surface area contributed by atoms with E-state index in [4.69, 9.17) is 14.5 Å². The Morgan fingerprint density at radius 1 is 1.34 bits per heavy atom. The van der Waals surface area contributed by atoms with Crippen LogP contribution < -0.4 is 5.32 Å². The molecule has 2 atom stereocenters. The van der Waals surface area contributed by atoms with Crippen molar-refractivity contribution in [1.29, 1.82) is 0 Å². The number of aliphatic imine (C=N–C) groups is 1. The van der Waals surface area contributed by atoms with E-state index >= 15 is 0 Å². The first kappa shape index (κ1) is 25.0. The molecule has 0 bridgehead atoms. The second-order valence-corrected chi connectivity index (χ2v) is 8.29. The van der Waals surface area contributed by atoms with Gasteiger partial charge in [0.2, 0.25) is 0 Å². The number of aryl methyl sites for hydroxylation is 2. The smallest absolute Gasteiger partial charge is 0.194 e. The average molecular weight is 553 g/mol. The van der Waals surface area contributed by atoms with Gasteiger partial charge in [-0.2, -0.15) is 5.10 Å². The standard InChI is InChI=1S/C24H35N5O2.HI/c1-3-25-24(29-13-15-31-23(18-29)20-16-27-28(2)17-20)26-12-7-14-30-22-11-6-9-19-8-4-5-10-21(19)22;/h4-5,8,10,16-17,22-23H,3,6-7,9,11-15,18H2,1-2H3,(H,25,26);1H. The van der Waals surface area contributed by atoms with Crippen LogP contribution in [0.4, 0.5) is 0 Å². The summed E-state index contributed by atoms with van der Waals surface area (Å²) in [6.07, 6.45) is 8.60. The molecule has 7 nitrogen and oxygen atoms in total. The molecule has 0 saturated carbocycles. The molecule has 1 N–H and O–H groups in total. The van der Waals surface area contributed by atoms with Crippen LogP contribution in [0.3, 0.4) is 0 Å².